The lowest BCUT2D eigenvalue weighted by Crippen LogP contribution is -2.18. The van der Waals surface area contributed by atoms with Gasteiger partial charge in [-0.15, -0.1) is 23.7 Å². The number of rotatable bonds is 2. The SMILES string of the molecule is Cl.N[C@H](c1cccs1)c1ccc(F)cc1C(F)(F)F. The van der Waals surface area contributed by atoms with Crippen LogP contribution in [-0.4, -0.2) is 0 Å². The number of thiophene rings is 1. The smallest absolute Gasteiger partial charge is 0.320 e. The van der Waals surface area contributed by atoms with E-state index >= 15 is 0 Å². The molecule has 104 valence electrons. The summed E-state index contributed by atoms with van der Waals surface area (Å²) in [7, 11) is 0. The van der Waals surface area contributed by atoms with E-state index in [1.54, 1.807) is 17.5 Å². The topological polar surface area (TPSA) is 26.0 Å². The molecule has 0 saturated heterocycles. The molecule has 19 heavy (non-hydrogen) atoms. The van der Waals surface area contributed by atoms with Gasteiger partial charge < -0.3 is 5.73 Å². The lowest BCUT2D eigenvalue weighted by atomic mass is 9.99. The Bertz CT molecular complexity index is 539. The van der Waals surface area contributed by atoms with Crippen molar-refractivity contribution in [2.24, 2.45) is 5.73 Å². The van der Waals surface area contributed by atoms with E-state index in [-0.39, 0.29) is 18.0 Å². The summed E-state index contributed by atoms with van der Waals surface area (Å²) in [6.45, 7) is 0. The second-order valence-electron chi connectivity index (χ2n) is 3.72. The van der Waals surface area contributed by atoms with Gasteiger partial charge in [-0.3, -0.25) is 0 Å². The number of halogens is 5. The molecule has 2 N–H and O–H groups in total. The van der Waals surface area contributed by atoms with Crippen molar-refractivity contribution < 1.29 is 17.6 Å². The van der Waals surface area contributed by atoms with Gasteiger partial charge in [0.1, 0.15) is 5.82 Å². The fraction of sp³-hybridized carbons (Fsp3) is 0.167. The average molecular weight is 312 g/mol. The molecule has 0 spiro atoms. The van der Waals surface area contributed by atoms with Crippen LogP contribution in [0.5, 0.6) is 0 Å². The van der Waals surface area contributed by atoms with Crippen LogP contribution in [-0.2, 0) is 6.18 Å². The Morgan fingerprint density at radius 1 is 1.16 bits per heavy atom. The molecule has 0 fully saturated rings. The third-order valence-electron chi connectivity index (χ3n) is 2.51. The third kappa shape index (κ3) is 3.46. The highest BCUT2D eigenvalue weighted by atomic mass is 35.5. The summed E-state index contributed by atoms with van der Waals surface area (Å²) in [5, 5.41) is 1.73. The predicted octanol–water partition coefficient (Wildman–Crippen LogP) is 4.38. The molecule has 7 heteroatoms. The molecule has 1 atom stereocenters. The molecule has 0 radical (unpaired) electrons. The summed E-state index contributed by atoms with van der Waals surface area (Å²) in [5.41, 5.74) is 4.65. The van der Waals surface area contributed by atoms with Gasteiger partial charge in [0.15, 0.2) is 0 Å². The maximum absolute atomic E-state index is 12.9. The van der Waals surface area contributed by atoms with Crippen LogP contribution < -0.4 is 5.73 Å². The Balaban J connectivity index is 0.00000180. The van der Waals surface area contributed by atoms with Crippen molar-refractivity contribution in [2.75, 3.05) is 0 Å². The largest absolute Gasteiger partial charge is 0.416 e. The van der Waals surface area contributed by atoms with Crippen LogP contribution in [0, 0.1) is 5.82 Å². The first-order valence-electron chi connectivity index (χ1n) is 5.05. The Labute approximate surface area is 117 Å². The Kier molecular flexibility index (Phi) is 4.95. The molecular formula is C12H10ClF4NS. The van der Waals surface area contributed by atoms with Crippen LogP contribution in [0.3, 0.4) is 0 Å². The van der Waals surface area contributed by atoms with Crippen molar-refractivity contribution in [1.82, 2.24) is 0 Å². The van der Waals surface area contributed by atoms with Gasteiger partial charge in [0.05, 0.1) is 11.6 Å². The third-order valence-corrected chi connectivity index (χ3v) is 3.46. The van der Waals surface area contributed by atoms with E-state index < -0.39 is 23.6 Å². The summed E-state index contributed by atoms with van der Waals surface area (Å²) >= 11 is 1.26. The molecule has 0 aliphatic rings. The number of benzene rings is 1. The van der Waals surface area contributed by atoms with Crippen LogP contribution in [0.25, 0.3) is 0 Å². The molecule has 2 aromatic rings. The first kappa shape index (κ1) is 15.9. The minimum Gasteiger partial charge on any atom is -0.320 e. The van der Waals surface area contributed by atoms with Crippen molar-refractivity contribution in [3.05, 3.63) is 57.5 Å². The van der Waals surface area contributed by atoms with Gasteiger partial charge in [0, 0.05) is 4.88 Å². The second kappa shape index (κ2) is 5.90. The zero-order valence-corrected chi connectivity index (χ0v) is 11.1. The zero-order chi connectivity index (χ0) is 13.3. The highest BCUT2D eigenvalue weighted by molar-refractivity contribution is 7.10. The molecular weight excluding hydrogens is 302 g/mol. The van der Waals surface area contributed by atoms with Gasteiger partial charge in [0.25, 0.3) is 0 Å². The van der Waals surface area contributed by atoms with Crippen molar-refractivity contribution in [2.45, 2.75) is 12.2 Å². The van der Waals surface area contributed by atoms with Crippen LogP contribution >= 0.6 is 23.7 Å². The Hall–Kier alpha value is -1.11. The highest BCUT2D eigenvalue weighted by Crippen LogP contribution is 2.36. The molecule has 2 rings (SSSR count). The van der Waals surface area contributed by atoms with E-state index in [1.807, 2.05) is 0 Å². The fourth-order valence-corrected chi connectivity index (χ4v) is 2.41. The van der Waals surface area contributed by atoms with Crippen molar-refractivity contribution >= 4 is 23.7 Å². The van der Waals surface area contributed by atoms with Gasteiger partial charge in [-0.05, 0) is 29.1 Å². The number of hydrogen-bond acceptors (Lipinski definition) is 2. The zero-order valence-electron chi connectivity index (χ0n) is 9.45. The molecule has 0 aliphatic carbocycles. The molecule has 0 aliphatic heterocycles. The summed E-state index contributed by atoms with van der Waals surface area (Å²) in [4.78, 5) is 0.604. The lowest BCUT2D eigenvalue weighted by Gasteiger charge is -2.17. The quantitative estimate of drug-likeness (QED) is 0.819. The highest BCUT2D eigenvalue weighted by Gasteiger charge is 2.35. The number of nitrogens with two attached hydrogens (primary N) is 1. The lowest BCUT2D eigenvalue weighted by molar-refractivity contribution is -0.138. The summed E-state index contributed by atoms with van der Waals surface area (Å²) in [6.07, 6.45) is -4.62. The monoisotopic (exact) mass is 311 g/mol. The van der Waals surface area contributed by atoms with Gasteiger partial charge >= 0.3 is 6.18 Å². The average Bonchev–Trinajstić information content (AvgIpc) is 2.80. The van der Waals surface area contributed by atoms with Crippen molar-refractivity contribution in [3.8, 4) is 0 Å². The van der Waals surface area contributed by atoms with E-state index in [0.717, 1.165) is 12.1 Å². The van der Waals surface area contributed by atoms with E-state index in [0.29, 0.717) is 10.9 Å². The molecule has 1 aromatic carbocycles. The van der Waals surface area contributed by atoms with Gasteiger partial charge in [-0.1, -0.05) is 12.1 Å². The predicted molar refractivity (Wildman–Crippen MR) is 69.0 cm³/mol. The van der Waals surface area contributed by atoms with Gasteiger partial charge in [0.2, 0.25) is 0 Å². The van der Waals surface area contributed by atoms with E-state index in [2.05, 4.69) is 0 Å². The molecule has 1 nitrogen and oxygen atoms in total. The molecule has 0 saturated carbocycles. The van der Waals surface area contributed by atoms with Crippen LogP contribution in [0.15, 0.2) is 35.7 Å². The molecule has 1 heterocycles. The van der Waals surface area contributed by atoms with E-state index in [4.69, 9.17) is 5.73 Å². The Morgan fingerprint density at radius 2 is 1.84 bits per heavy atom. The van der Waals surface area contributed by atoms with Crippen LogP contribution in [0.4, 0.5) is 17.6 Å². The maximum Gasteiger partial charge on any atom is 0.416 e. The van der Waals surface area contributed by atoms with Gasteiger partial charge in [-0.25, -0.2) is 4.39 Å². The normalized spacial score (nSPS) is 12.9. The number of alkyl halides is 3. The first-order valence-corrected chi connectivity index (χ1v) is 5.93. The van der Waals surface area contributed by atoms with Crippen LogP contribution in [0.2, 0.25) is 0 Å². The second-order valence-corrected chi connectivity index (χ2v) is 4.70. The molecule has 0 unspecified atom stereocenters. The maximum atomic E-state index is 12.9. The van der Waals surface area contributed by atoms with Gasteiger partial charge in [-0.2, -0.15) is 13.2 Å². The summed E-state index contributed by atoms with van der Waals surface area (Å²) in [6, 6.07) is 5.00. The first-order chi connectivity index (χ1) is 8.39. The minimum atomic E-state index is -4.62. The molecule has 1 aromatic heterocycles. The number of hydrogen-bond donors (Lipinski definition) is 1. The fourth-order valence-electron chi connectivity index (χ4n) is 1.67. The summed E-state index contributed by atoms with van der Waals surface area (Å²) in [5.74, 6) is -0.926. The molecule has 0 amide bonds. The molecule has 0 bridgehead atoms. The van der Waals surface area contributed by atoms with Crippen molar-refractivity contribution in [1.29, 1.82) is 0 Å². The van der Waals surface area contributed by atoms with E-state index in [9.17, 15) is 17.6 Å². The van der Waals surface area contributed by atoms with Crippen molar-refractivity contribution in [3.63, 3.8) is 0 Å². The van der Waals surface area contributed by atoms with E-state index in [1.165, 1.54) is 11.3 Å². The Morgan fingerprint density at radius 3 is 2.37 bits per heavy atom. The standard InChI is InChI=1S/C12H9F4NS.ClH/c13-7-3-4-8(9(6-7)12(14,15)16)11(17)10-2-1-5-18-10;/h1-6,11H,17H2;1H/t11-;/m0./s1. The summed E-state index contributed by atoms with van der Waals surface area (Å²) < 4.78 is 51.4. The van der Waals surface area contributed by atoms with Crippen LogP contribution in [0.1, 0.15) is 22.0 Å². The minimum absolute atomic E-state index is 0.